The first-order chi connectivity index (χ1) is 5.22. The van der Waals surface area contributed by atoms with Crippen LogP contribution in [0.2, 0.25) is 0 Å². The van der Waals surface area contributed by atoms with Crippen LogP contribution in [0.1, 0.15) is 33.1 Å². The molecule has 11 heavy (non-hydrogen) atoms. The number of hydrogen-bond acceptors (Lipinski definition) is 0. The van der Waals surface area contributed by atoms with E-state index < -0.39 is 0 Å². The molecule has 62 valence electrons. The van der Waals surface area contributed by atoms with Gasteiger partial charge in [0, 0.05) is 0 Å². The predicted molar refractivity (Wildman–Crippen MR) is 50.5 cm³/mol. The quantitative estimate of drug-likeness (QED) is 0.501. The summed E-state index contributed by atoms with van der Waals surface area (Å²) in [5, 5.41) is 0. The molecule has 0 aromatic heterocycles. The Labute approximate surface area is 70.0 Å². The van der Waals surface area contributed by atoms with Crippen molar-refractivity contribution < 1.29 is 0 Å². The second-order valence-corrected chi connectivity index (χ2v) is 3.77. The van der Waals surface area contributed by atoms with Crippen LogP contribution in [0.5, 0.6) is 0 Å². The number of hydrogen-bond donors (Lipinski definition) is 0. The Bertz CT molecular complexity index is 165. The van der Waals surface area contributed by atoms with Crippen LogP contribution in [0.3, 0.4) is 0 Å². The zero-order chi connectivity index (χ0) is 8.27. The van der Waals surface area contributed by atoms with Gasteiger partial charge in [0.05, 0.1) is 0 Å². The van der Waals surface area contributed by atoms with Gasteiger partial charge in [-0.05, 0) is 38.0 Å². The van der Waals surface area contributed by atoms with E-state index in [1.807, 2.05) is 0 Å². The third kappa shape index (κ3) is 2.53. The first-order valence-corrected chi connectivity index (χ1v) is 4.52. The summed E-state index contributed by atoms with van der Waals surface area (Å²) in [5.74, 6) is 1.51. The topological polar surface area (TPSA) is 0 Å². The summed E-state index contributed by atoms with van der Waals surface area (Å²) in [6, 6.07) is 0. The van der Waals surface area contributed by atoms with Crippen LogP contribution < -0.4 is 0 Å². The highest BCUT2D eigenvalue weighted by atomic mass is 14.2. The monoisotopic (exact) mass is 150 g/mol. The molecule has 0 saturated carbocycles. The van der Waals surface area contributed by atoms with E-state index in [-0.39, 0.29) is 0 Å². The van der Waals surface area contributed by atoms with Gasteiger partial charge in [-0.1, -0.05) is 24.6 Å². The second kappa shape index (κ2) is 3.75. The average Bonchev–Trinajstić information content (AvgIpc) is 2.11. The summed E-state index contributed by atoms with van der Waals surface area (Å²) in [5.41, 5.74) is 1.54. The van der Waals surface area contributed by atoms with Gasteiger partial charge < -0.3 is 0 Å². The third-order valence-corrected chi connectivity index (χ3v) is 2.48. The van der Waals surface area contributed by atoms with Crippen LogP contribution in [0, 0.1) is 11.8 Å². The van der Waals surface area contributed by atoms with Crippen molar-refractivity contribution >= 4 is 0 Å². The van der Waals surface area contributed by atoms with Crippen molar-refractivity contribution in [3.63, 3.8) is 0 Å². The van der Waals surface area contributed by atoms with Crippen molar-refractivity contribution in [2.45, 2.75) is 33.1 Å². The molecule has 0 saturated heterocycles. The molecule has 2 atom stereocenters. The van der Waals surface area contributed by atoms with E-state index in [0.29, 0.717) is 0 Å². The van der Waals surface area contributed by atoms with Gasteiger partial charge >= 0.3 is 0 Å². The van der Waals surface area contributed by atoms with Gasteiger partial charge in [0.15, 0.2) is 0 Å². The highest BCUT2D eigenvalue weighted by molar-refractivity contribution is 5.06. The molecular weight excluding hydrogens is 132 g/mol. The van der Waals surface area contributed by atoms with Crippen LogP contribution in [-0.2, 0) is 0 Å². The number of allylic oxidation sites excluding steroid dienone is 3. The molecule has 0 N–H and O–H groups in total. The van der Waals surface area contributed by atoms with Gasteiger partial charge in [-0.2, -0.15) is 0 Å². The smallest absolute Gasteiger partial charge is 0.0199 e. The zero-order valence-electron chi connectivity index (χ0n) is 7.64. The van der Waals surface area contributed by atoms with Crippen LogP contribution in [0.4, 0.5) is 0 Å². The Hall–Kier alpha value is -0.520. The standard InChI is InChI=1S/C11H18/c1-4-11-6-5-9(2)7-10(3)8-11/h4,7,9,11H,1,5-6,8H2,2-3H3. The molecule has 0 fully saturated rings. The lowest BCUT2D eigenvalue weighted by molar-refractivity contribution is 0.529. The molecule has 0 bridgehead atoms. The molecule has 1 aliphatic rings. The van der Waals surface area contributed by atoms with Crippen molar-refractivity contribution in [1.82, 2.24) is 0 Å². The molecule has 1 rings (SSSR count). The molecule has 0 aromatic carbocycles. The fraction of sp³-hybridized carbons (Fsp3) is 0.636. The highest BCUT2D eigenvalue weighted by Gasteiger charge is 2.11. The third-order valence-electron chi connectivity index (χ3n) is 2.48. The fourth-order valence-corrected chi connectivity index (χ4v) is 1.83. The molecule has 0 heterocycles. The first kappa shape index (κ1) is 8.58. The van der Waals surface area contributed by atoms with Gasteiger partial charge in [-0.15, -0.1) is 6.58 Å². The van der Waals surface area contributed by atoms with Gasteiger partial charge in [-0.25, -0.2) is 0 Å². The minimum atomic E-state index is 0.733. The molecule has 0 amide bonds. The van der Waals surface area contributed by atoms with E-state index in [4.69, 9.17) is 0 Å². The Balaban J connectivity index is 2.59. The highest BCUT2D eigenvalue weighted by Crippen LogP contribution is 2.26. The lowest BCUT2D eigenvalue weighted by atomic mass is 9.97. The summed E-state index contributed by atoms with van der Waals surface area (Å²) in [4.78, 5) is 0. The summed E-state index contributed by atoms with van der Waals surface area (Å²) in [7, 11) is 0. The molecule has 0 heteroatoms. The van der Waals surface area contributed by atoms with Crippen LogP contribution in [0.25, 0.3) is 0 Å². The van der Waals surface area contributed by atoms with Gasteiger partial charge in [-0.3, -0.25) is 0 Å². The molecule has 0 radical (unpaired) electrons. The minimum Gasteiger partial charge on any atom is -0.103 e. The largest absolute Gasteiger partial charge is 0.103 e. The van der Waals surface area contributed by atoms with Crippen molar-refractivity contribution in [1.29, 1.82) is 0 Å². The van der Waals surface area contributed by atoms with Crippen LogP contribution in [0.15, 0.2) is 24.3 Å². The molecular formula is C11H18. The minimum absolute atomic E-state index is 0.733. The van der Waals surface area contributed by atoms with Gasteiger partial charge in [0.1, 0.15) is 0 Å². The van der Waals surface area contributed by atoms with Gasteiger partial charge in [0.2, 0.25) is 0 Å². The molecule has 0 aliphatic heterocycles. The van der Waals surface area contributed by atoms with Crippen molar-refractivity contribution in [2.75, 3.05) is 0 Å². The molecule has 0 aromatic rings. The molecule has 0 nitrogen and oxygen atoms in total. The summed E-state index contributed by atoms with van der Waals surface area (Å²) >= 11 is 0. The predicted octanol–water partition coefficient (Wildman–Crippen LogP) is 3.55. The van der Waals surface area contributed by atoms with Gasteiger partial charge in [0.25, 0.3) is 0 Å². The van der Waals surface area contributed by atoms with Crippen LogP contribution >= 0.6 is 0 Å². The van der Waals surface area contributed by atoms with E-state index in [2.05, 4.69) is 32.6 Å². The average molecular weight is 150 g/mol. The van der Waals surface area contributed by atoms with E-state index in [1.54, 1.807) is 5.57 Å². The Morgan fingerprint density at radius 2 is 2.27 bits per heavy atom. The first-order valence-electron chi connectivity index (χ1n) is 4.52. The maximum Gasteiger partial charge on any atom is -0.0199 e. The fourth-order valence-electron chi connectivity index (χ4n) is 1.83. The zero-order valence-corrected chi connectivity index (χ0v) is 7.64. The van der Waals surface area contributed by atoms with E-state index in [0.717, 1.165) is 11.8 Å². The molecule has 1 aliphatic carbocycles. The van der Waals surface area contributed by atoms with Crippen molar-refractivity contribution in [3.05, 3.63) is 24.3 Å². The number of rotatable bonds is 1. The van der Waals surface area contributed by atoms with Crippen LogP contribution in [-0.4, -0.2) is 0 Å². The normalized spacial score (nSPS) is 32.4. The maximum atomic E-state index is 3.86. The van der Waals surface area contributed by atoms with E-state index in [1.165, 1.54) is 19.3 Å². The summed E-state index contributed by atoms with van der Waals surface area (Å²) in [6.07, 6.45) is 8.39. The summed E-state index contributed by atoms with van der Waals surface area (Å²) in [6.45, 7) is 8.39. The Morgan fingerprint density at radius 1 is 1.55 bits per heavy atom. The van der Waals surface area contributed by atoms with Crippen molar-refractivity contribution in [3.8, 4) is 0 Å². The SMILES string of the molecule is C=CC1CCC(C)C=C(C)C1. The molecule has 0 spiro atoms. The summed E-state index contributed by atoms with van der Waals surface area (Å²) < 4.78 is 0. The van der Waals surface area contributed by atoms with Crippen molar-refractivity contribution in [2.24, 2.45) is 11.8 Å². The lowest BCUT2D eigenvalue weighted by Gasteiger charge is -2.08. The second-order valence-electron chi connectivity index (χ2n) is 3.77. The Kier molecular flexibility index (Phi) is 2.92. The molecule has 2 unspecified atom stereocenters. The lowest BCUT2D eigenvalue weighted by Crippen LogP contribution is -1.94. The Morgan fingerprint density at radius 3 is 2.91 bits per heavy atom. The maximum absolute atomic E-state index is 3.86. The van der Waals surface area contributed by atoms with E-state index in [9.17, 15) is 0 Å². The van der Waals surface area contributed by atoms with E-state index >= 15 is 0 Å².